The Morgan fingerprint density at radius 2 is 1.68 bits per heavy atom. The first kappa shape index (κ1) is 20.8. The Hall–Kier alpha value is -3.47. The zero-order chi connectivity index (χ0) is 21.6. The predicted molar refractivity (Wildman–Crippen MR) is 120 cm³/mol. The SMILES string of the molecule is CC(=O)NCc1cc([C@H]2CCCN2C(=O)C(c2ccccc2)c2ccccc2)ccn1. The Morgan fingerprint density at radius 3 is 2.29 bits per heavy atom. The number of likely N-dealkylation sites (tertiary alicyclic amines) is 1. The summed E-state index contributed by atoms with van der Waals surface area (Å²) in [6.07, 6.45) is 3.65. The van der Waals surface area contributed by atoms with Crippen molar-refractivity contribution in [2.75, 3.05) is 6.54 Å². The molecule has 1 N–H and O–H groups in total. The predicted octanol–water partition coefficient (Wildman–Crippen LogP) is 4.21. The summed E-state index contributed by atoms with van der Waals surface area (Å²) in [5.74, 6) is -0.290. The molecule has 2 heterocycles. The van der Waals surface area contributed by atoms with E-state index in [1.165, 1.54) is 6.92 Å². The average Bonchev–Trinajstić information content (AvgIpc) is 3.30. The number of carbonyl (C=O) groups excluding carboxylic acids is 2. The van der Waals surface area contributed by atoms with E-state index in [1.807, 2.05) is 77.7 Å². The number of nitrogens with one attached hydrogen (secondary N) is 1. The van der Waals surface area contributed by atoms with Gasteiger partial charge in [0.05, 0.1) is 24.2 Å². The van der Waals surface area contributed by atoms with Gasteiger partial charge in [-0.05, 0) is 41.7 Å². The largest absolute Gasteiger partial charge is 0.351 e. The number of benzene rings is 2. The van der Waals surface area contributed by atoms with Crippen molar-refractivity contribution in [2.24, 2.45) is 0 Å². The Bertz CT molecular complexity index is 997. The van der Waals surface area contributed by atoms with Crippen molar-refractivity contribution in [1.29, 1.82) is 0 Å². The van der Waals surface area contributed by atoms with E-state index < -0.39 is 0 Å². The van der Waals surface area contributed by atoms with E-state index in [9.17, 15) is 9.59 Å². The molecular formula is C26H27N3O2. The molecule has 0 radical (unpaired) electrons. The standard InChI is InChI=1S/C26H27N3O2/c1-19(30)28-18-23-17-22(14-15-27-23)24-13-8-16-29(24)26(31)25(20-9-4-2-5-10-20)21-11-6-3-7-12-21/h2-7,9-12,14-15,17,24-25H,8,13,16,18H2,1H3,(H,28,30)/t24-/m1/s1. The summed E-state index contributed by atoms with van der Waals surface area (Å²) in [6.45, 7) is 2.62. The van der Waals surface area contributed by atoms with Gasteiger partial charge in [-0.1, -0.05) is 60.7 Å². The van der Waals surface area contributed by atoms with Gasteiger partial charge in [0.25, 0.3) is 0 Å². The van der Waals surface area contributed by atoms with Gasteiger partial charge in [-0.15, -0.1) is 0 Å². The maximum atomic E-state index is 13.9. The Morgan fingerprint density at radius 1 is 1.03 bits per heavy atom. The molecule has 0 saturated carbocycles. The van der Waals surface area contributed by atoms with Crippen LogP contribution >= 0.6 is 0 Å². The molecule has 0 unspecified atom stereocenters. The van der Waals surface area contributed by atoms with Crippen LogP contribution in [0.2, 0.25) is 0 Å². The molecule has 1 aromatic heterocycles. The molecule has 4 rings (SSSR count). The molecule has 3 aromatic rings. The van der Waals surface area contributed by atoms with Crippen LogP contribution in [0.5, 0.6) is 0 Å². The summed E-state index contributed by atoms with van der Waals surface area (Å²) < 4.78 is 0. The van der Waals surface area contributed by atoms with E-state index in [-0.39, 0.29) is 23.8 Å². The molecule has 5 heteroatoms. The molecule has 1 fully saturated rings. The third-order valence-corrected chi connectivity index (χ3v) is 5.79. The van der Waals surface area contributed by atoms with Crippen LogP contribution < -0.4 is 5.32 Å². The van der Waals surface area contributed by atoms with Gasteiger partial charge in [0.2, 0.25) is 11.8 Å². The van der Waals surface area contributed by atoms with Crippen molar-refractivity contribution in [1.82, 2.24) is 15.2 Å². The maximum Gasteiger partial charge on any atom is 0.235 e. The third-order valence-electron chi connectivity index (χ3n) is 5.79. The van der Waals surface area contributed by atoms with Crippen LogP contribution in [0.25, 0.3) is 0 Å². The van der Waals surface area contributed by atoms with Crippen molar-refractivity contribution in [3.05, 3.63) is 101 Å². The quantitative estimate of drug-likeness (QED) is 0.658. The van der Waals surface area contributed by atoms with Crippen LogP contribution in [-0.4, -0.2) is 28.2 Å². The van der Waals surface area contributed by atoms with Crippen LogP contribution in [0.15, 0.2) is 79.0 Å². The Labute approximate surface area is 183 Å². The van der Waals surface area contributed by atoms with Crippen LogP contribution in [0, 0.1) is 0 Å². The third kappa shape index (κ3) is 4.82. The molecule has 1 saturated heterocycles. The molecule has 158 valence electrons. The lowest BCUT2D eigenvalue weighted by atomic mass is 9.89. The first-order valence-corrected chi connectivity index (χ1v) is 10.7. The fourth-order valence-electron chi connectivity index (χ4n) is 4.33. The van der Waals surface area contributed by atoms with Gasteiger partial charge in [-0.25, -0.2) is 0 Å². The minimum Gasteiger partial charge on any atom is -0.351 e. The molecule has 5 nitrogen and oxygen atoms in total. The first-order valence-electron chi connectivity index (χ1n) is 10.7. The molecule has 1 aliphatic rings. The van der Waals surface area contributed by atoms with Crippen LogP contribution in [-0.2, 0) is 16.1 Å². The number of carbonyl (C=O) groups is 2. The lowest BCUT2D eigenvalue weighted by Crippen LogP contribution is -2.35. The van der Waals surface area contributed by atoms with Gasteiger partial charge >= 0.3 is 0 Å². The highest BCUT2D eigenvalue weighted by atomic mass is 16.2. The summed E-state index contributed by atoms with van der Waals surface area (Å²) in [4.78, 5) is 31.5. The molecule has 2 amide bonds. The minimum absolute atomic E-state index is 0.0153. The number of pyridine rings is 1. The molecule has 2 aromatic carbocycles. The molecule has 0 spiro atoms. The first-order chi connectivity index (χ1) is 15.1. The van der Waals surface area contributed by atoms with Crippen molar-refractivity contribution in [2.45, 2.75) is 38.3 Å². The zero-order valence-corrected chi connectivity index (χ0v) is 17.7. The number of rotatable bonds is 6. The minimum atomic E-state index is -0.330. The van der Waals surface area contributed by atoms with E-state index in [0.29, 0.717) is 6.54 Å². The second-order valence-electron chi connectivity index (χ2n) is 7.93. The highest BCUT2D eigenvalue weighted by Crippen LogP contribution is 2.36. The number of aromatic nitrogens is 1. The molecule has 0 bridgehead atoms. The lowest BCUT2D eigenvalue weighted by Gasteiger charge is -2.30. The summed E-state index contributed by atoms with van der Waals surface area (Å²) >= 11 is 0. The molecule has 0 aliphatic carbocycles. The Balaban J connectivity index is 1.63. The van der Waals surface area contributed by atoms with Gasteiger partial charge < -0.3 is 10.2 Å². The smallest absolute Gasteiger partial charge is 0.235 e. The second-order valence-corrected chi connectivity index (χ2v) is 7.93. The van der Waals surface area contributed by atoms with Crippen molar-refractivity contribution < 1.29 is 9.59 Å². The fourth-order valence-corrected chi connectivity index (χ4v) is 4.33. The normalized spacial score (nSPS) is 15.8. The second kappa shape index (κ2) is 9.56. The van der Waals surface area contributed by atoms with E-state index >= 15 is 0 Å². The van der Waals surface area contributed by atoms with Gasteiger partial charge in [0, 0.05) is 19.7 Å². The van der Waals surface area contributed by atoms with E-state index in [1.54, 1.807) is 6.20 Å². The maximum absolute atomic E-state index is 13.9. The number of amides is 2. The highest BCUT2D eigenvalue weighted by Gasteiger charge is 2.35. The zero-order valence-electron chi connectivity index (χ0n) is 17.7. The summed E-state index contributed by atoms with van der Waals surface area (Å²) in [6, 6.07) is 24.0. The lowest BCUT2D eigenvalue weighted by molar-refractivity contribution is -0.132. The molecule has 1 aliphatic heterocycles. The molecule has 1 atom stereocenters. The average molecular weight is 414 g/mol. The number of hydrogen-bond acceptors (Lipinski definition) is 3. The van der Waals surface area contributed by atoms with E-state index in [0.717, 1.165) is 41.8 Å². The fraction of sp³-hybridized carbons (Fsp3) is 0.269. The molecular weight excluding hydrogens is 386 g/mol. The van der Waals surface area contributed by atoms with Gasteiger partial charge in [-0.3, -0.25) is 14.6 Å². The number of nitrogens with zero attached hydrogens (tertiary/aromatic N) is 2. The van der Waals surface area contributed by atoms with Crippen molar-refractivity contribution in [3.63, 3.8) is 0 Å². The van der Waals surface area contributed by atoms with E-state index in [2.05, 4.69) is 10.3 Å². The topological polar surface area (TPSA) is 62.3 Å². The van der Waals surface area contributed by atoms with Crippen molar-refractivity contribution in [3.8, 4) is 0 Å². The van der Waals surface area contributed by atoms with Gasteiger partial charge in [0.15, 0.2) is 0 Å². The summed E-state index contributed by atoms with van der Waals surface area (Å²) in [5, 5.41) is 2.79. The summed E-state index contributed by atoms with van der Waals surface area (Å²) in [5.41, 5.74) is 3.88. The summed E-state index contributed by atoms with van der Waals surface area (Å²) in [7, 11) is 0. The molecule has 31 heavy (non-hydrogen) atoms. The van der Waals surface area contributed by atoms with Crippen LogP contribution in [0.4, 0.5) is 0 Å². The monoisotopic (exact) mass is 413 g/mol. The van der Waals surface area contributed by atoms with Crippen molar-refractivity contribution >= 4 is 11.8 Å². The van der Waals surface area contributed by atoms with Crippen LogP contribution in [0.3, 0.4) is 0 Å². The number of hydrogen-bond donors (Lipinski definition) is 1. The highest BCUT2D eigenvalue weighted by molar-refractivity contribution is 5.87. The Kier molecular flexibility index (Phi) is 6.41. The van der Waals surface area contributed by atoms with E-state index in [4.69, 9.17) is 0 Å². The van der Waals surface area contributed by atoms with Gasteiger partial charge in [-0.2, -0.15) is 0 Å². The van der Waals surface area contributed by atoms with Crippen LogP contribution in [0.1, 0.15) is 54.1 Å². The van der Waals surface area contributed by atoms with Gasteiger partial charge in [0.1, 0.15) is 0 Å².